The summed E-state index contributed by atoms with van der Waals surface area (Å²) in [5, 5.41) is 4.31. The maximum atomic E-state index is 13.0. The molecule has 0 N–H and O–H groups in total. The number of halogens is 3. The summed E-state index contributed by atoms with van der Waals surface area (Å²) in [6.07, 6.45) is 0.150. The lowest BCUT2D eigenvalue weighted by molar-refractivity contribution is -0.143. The van der Waals surface area contributed by atoms with Crippen molar-refractivity contribution in [3.8, 4) is 0 Å². The van der Waals surface area contributed by atoms with Gasteiger partial charge in [0.15, 0.2) is 0 Å². The van der Waals surface area contributed by atoms with Crippen LogP contribution in [0.4, 0.5) is 18.0 Å². The highest BCUT2D eigenvalue weighted by atomic mass is 19.4. The summed E-state index contributed by atoms with van der Waals surface area (Å²) >= 11 is 0. The summed E-state index contributed by atoms with van der Waals surface area (Å²) < 4.78 is 45.7. The zero-order valence-corrected chi connectivity index (χ0v) is 16.2. The standard InChI is InChI=1S/C19H28F3N3O2/c1-18(2,3)27-17(26)24-10-8-13(9-11-24)16-14-6-4-5-7-15(14)23-25(16)12-19(20,21)22/h13H,4-12H2,1-3H3. The van der Waals surface area contributed by atoms with Gasteiger partial charge in [-0.15, -0.1) is 0 Å². The van der Waals surface area contributed by atoms with Crippen LogP contribution in [0.25, 0.3) is 0 Å². The van der Waals surface area contributed by atoms with Crippen LogP contribution < -0.4 is 0 Å². The molecule has 152 valence electrons. The van der Waals surface area contributed by atoms with E-state index in [0.717, 1.165) is 42.6 Å². The first-order valence-corrected chi connectivity index (χ1v) is 9.66. The molecule has 0 atom stereocenters. The molecule has 27 heavy (non-hydrogen) atoms. The smallest absolute Gasteiger partial charge is 0.410 e. The Morgan fingerprint density at radius 3 is 2.37 bits per heavy atom. The number of likely N-dealkylation sites (tertiary alicyclic amines) is 1. The molecule has 1 saturated heterocycles. The molecule has 1 aromatic heterocycles. The minimum Gasteiger partial charge on any atom is -0.444 e. The predicted octanol–water partition coefficient (Wildman–Crippen LogP) is 4.44. The summed E-state index contributed by atoms with van der Waals surface area (Å²) in [7, 11) is 0. The summed E-state index contributed by atoms with van der Waals surface area (Å²) in [5.41, 5.74) is 2.03. The summed E-state index contributed by atoms with van der Waals surface area (Å²) in [6.45, 7) is 5.40. The summed E-state index contributed by atoms with van der Waals surface area (Å²) in [5.74, 6) is 0.000358. The maximum Gasteiger partial charge on any atom is 0.410 e. The fourth-order valence-corrected chi connectivity index (χ4v) is 4.04. The molecule has 0 saturated carbocycles. The highest BCUT2D eigenvalue weighted by molar-refractivity contribution is 5.68. The molecule has 3 rings (SSSR count). The Kier molecular flexibility index (Phi) is 5.45. The van der Waals surface area contributed by atoms with Gasteiger partial charge < -0.3 is 9.64 Å². The number of ether oxygens (including phenoxy) is 1. The third-order valence-electron chi connectivity index (χ3n) is 5.13. The second kappa shape index (κ2) is 7.36. The van der Waals surface area contributed by atoms with Crippen LogP contribution in [0.1, 0.15) is 69.3 Å². The van der Waals surface area contributed by atoms with Crippen LogP contribution in [0.2, 0.25) is 0 Å². The van der Waals surface area contributed by atoms with Crippen LogP contribution in [-0.2, 0) is 24.1 Å². The number of nitrogens with zero attached hydrogens (tertiary/aromatic N) is 3. The minimum atomic E-state index is -4.29. The Hall–Kier alpha value is -1.73. The van der Waals surface area contributed by atoms with Crippen molar-refractivity contribution in [2.45, 2.75) is 83.5 Å². The highest BCUT2D eigenvalue weighted by Crippen LogP contribution is 2.36. The van der Waals surface area contributed by atoms with Gasteiger partial charge in [0.2, 0.25) is 0 Å². The Morgan fingerprint density at radius 1 is 1.15 bits per heavy atom. The van der Waals surface area contributed by atoms with E-state index in [4.69, 9.17) is 4.74 Å². The van der Waals surface area contributed by atoms with E-state index in [-0.39, 0.29) is 12.0 Å². The number of hydrogen-bond donors (Lipinski definition) is 0. The number of piperidine rings is 1. The van der Waals surface area contributed by atoms with E-state index < -0.39 is 18.3 Å². The van der Waals surface area contributed by atoms with E-state index in [2.05, 4.69) is 5.10 Å². The molecule has 1 aromatic rings. The average Bonchev–Trinajstić information content (AvgIpc) is 2.89. The van der Waals surface area contributed by atoms with Gasteiger partial charge in [0, 0.05) is 24.7 Å². The van der Waals surface area contributed by atoms with Crippen LogP contribution in [-0.4, -0.2) is 45.6 Å². The normalized spacial score (nSPS) is 19.1. The van der Waals surface area contributed by atoms with Crippen molar-refractivity contribution < 1.29 is 22.7 Å². The number of alkyl halides is 3. The van der Waals surface area contributed by atoms with E-state index in [0.29, 0.717) is 25.9 Å². The maximum absolute atomic E-state index is 13.0. The molecule has 0 aromatic carbocycles. The summed E-state index contributed by atoms with van der Waals surface area (Å²) in [4.78, 5) is 13.9. The van der Waals surface area contributed by atoms with Gasteiger partial charge in [-0.05, 0) is 64.9 Å². The third-order valence-corrected chi connectivity index (χ3v) is 5.13. The molecular formula is C19H28F3N3O2. The monoisotopic (exact) mass is 387 g/mol. The van der Waals surface area contributed by atoms with Gasteiger partial charge >= 0.3 is 12.3 Å². The van der Waals surface area contributed by atoms with Gasteiger partial charge in [0.25, 0.3) is 0 Å². The van der Waals surface area contributed by atoms with Crippen molar-refractivity contribution in [1.82, 2.24) is 14.7 Å². The number of hydrogen-bond acceptors (Lipinski definition) is 3. The largest absolute Gasteiger partial charge is 0.444 e. The number of aromatic nitrogens is 2. The van der Waals surface area contributed by atoms with E-state index >= 15 is 0 Å². The van der Waals surface area contributed by atoms with Crippen LogP contribution in [0.3, 0.4) is 0 Å². The topological polar surface area (TPSA) is 47.4 Å². The molecule has 1 aliphatic heterocycles. The zero-order valence-electron chi connectivity index (χ0n) is 16.2. The van der Waals surface area contributed by atoms with Gasteiger partial charge in [-0.3, -0.25) is 4.68 Å². The molecule has 2 aliphatic rings. The minimum absolute atomic E-state index is 0.000358. The van der Waals surface area contributed by atoms with Crippen LogP contribution in [0.15, 0.2) is 0 Å². The lowest BCUT2D eigenvalue weighted by Crippen LogP contribution is -2.41. The average molecular weight is 387 g/mol. The van der Waals surface area contributed by atoms with E-state index in [1.807, 2.05) is 20.8 Å². The first-order chi connectivity index (χ1) is 12.5. The number of aryl methyl sites for hydroxylation is 1. The van der Waals surface area contributed by atoms with Gasteiger partial charge in [-0.2, -0.15) is 18.3 Å². The molecule has 0 spiro atoms. The van der Waals surface area contributed by atoms with E-state index in [9.17, 15) is 18.0 Å². The molecule has 1 aliphatic carbocycles. The predicted molar refractivity (Wildman–Crippen MR) is 94.7 cm³/mol. The van der Waals surface area contributed by atoms with Crippen LogP contribution >= 0.6 is 0 Å². The molecule has 0 bridgehead atoms. The second-order valence-corrected chi connectivity index (χ2v) is 8.53. The van der Waals surface area contributed by atoms with Crippen molar-refractivity contribution >= 4 is 6.09 Å². The Bertz CT molecular complexity index is 684. The first-order valence-electron chi connectivity index (χ1n) is 9.66. The molecule has 0 unspecified atom stereocenters. The van der Waals surface area contributed by atoms with Crippen LogP contribution in [0, 0.1) is 0 Å². The van der Waals surface area contributed by atoms with Gasteiger partial charge in [-0.25, -0.2) is 4.79 Å². The lowest BCUT2D eigenvalue weighted by atomic mass is 9.86. The molecule has 1 amide bonds. The number of carbonyl (C=O) groups excluding carboxylic acids is 1. The fourth-order valence-electron chi connectivity index (χ4n) is 4.04. The van der Waals surface area contributed by atoms with Gasteiger partial charge in [0.05, 0.1) is 5.69 Å². The van der Waals surface area contributed by atoms with E-state index in [1.165, 1.54) is 4.68 Å². The molecule has 0 radical (unpaired) electrons. The Balaban J connectivity index is 1.75. The Morgan fingerprint density at radius 2 is 1.78 bits per heavy atom. The number of rotatable bonds is 2. The third kappa shape index (κ3) is 4.96. The van der Waals surface area contributed by atoms with Crippen LogP contribution in [0.5, 0.6) is 0 Å². The lowest BCUT2D eigenvalue weighted by Gasteiger charge is -2.34. The number of fused-ring (bicyclic) bond motifs is 1. The quantitative estimate of drug-likeness (QED) is 0.754. The SMILES string of the molecule is CC(C)(C)OC(=O)N1CCC(c2c3c(nn2CC(F)(F)F)CCCC3)CC1. The van der Waals surface area contributed by atoms with Gasteiger partial charge in [0.1, 0.15) is 12.1 Å². The van der Waals surface area contributed by atoms with Crippen molar-refractivity contribution in [3.63, 3.8) is 0 Å². The van der Waals surface area contributed by atoms with Crippen molar-refractivity contribution in [2.24, 2.45) is 0 Å². The van der Waals surface area contributed by atoms with Crippen molar-refractivity contribution in [1.29, 1.82) is 0 Å². The number of carbonyl (C=O) groups is 1. The van der Waals surface area contributed by atoms with Gasteiger partial charge in [-0.1, -0.05) is 0 Å². The Labute approximate surface area is 157 Å². The number of amides is 1. The van der Waals surface area contributed by atoms with E-state index in [1.54, 1.807) is 4.90 Å². The zero-order chi connectivity index (χ0) is 19.8. The van der Waals surface area contributed by atoms with Crippen molar-refractivity contribution in [3.05, 3.63) is 17.0 Å². The molecule has 2 heterocycles. The molecule has 5 nitrogen and oxygen atoms in total. The molecule has 8 heteroatoms. The van der Waals surface area contributed by atoms with Crippen molar-refractivity contribution in [2.75, 3.05) is 13.1 Å². The molecular weight excluding hydrogens is 359 g/mol. The first kappa shape index (κ1) is 20.0. The second-order valence-electron chi connectivity index (χ2n) is 8.53. The molecule has 1 fully saturated rings. The fraction of sp³-hybridized carbons (Fsp3) is 0.789. The highest BCUT2D eigenvalue weighted by Gasteiger charge is 2.36. The summed E-state index contributed by atoms with van der Waals surface area (Å²) in [6, 6.07) is 0.